The van der Waals surface area contributed by atoms with Crippen LogP contribution >= 0.6 is 23.4 Å². The molecule has 1 unspecified atom stereocenters. The van der Waals surface area contributed by atoms with Gasteiger partial charge in [0.15, 0.2) is 0 Å². The van der Waals surface area contributed by atoms with Gasteiger partial charge >= 0.3 is 5.97 Å². The third-order valence-corrected chi connectivity index (χ3v) is 5.57. The molecule has 0 aromatic heterocycles. The maximum atomic E-state index is 11.7. The molecule has 0 bridgehead atoms. The van der Waals surface area contributed by atoms with Crippen LogP contribution in [0.15, 0.2) is 42.5 Å². The fourth-order valence-corrected chi connectivity index (χ4v) is 3.91. The zero-order valence-corrected chi connectivity index (χ0v) is 17.1. The molecule has 1 heterocycles. The summed E-state index contributed by atoms with van der Waals surface area (Å²) in [6.45, 7) is 0. The molecule has 3 N–H and O–H groups in total. The van der Waals surface area contributed by atoms with E-state index >= 15 is 0 Å². The van der Waals surface area contributed by atoms with E-state index in [1.54, 1.807) is 24.3 Å². The minimum atomic E-state index is -0.718. The Labute approximate surface area is 176 Å². The molecular formula is C20H19ClN2O5S. The van der Waals surface area contributed by atoms with Crippen LogP contribution in [0.1, 0.15) is 11.1 Å². The first kappa shape index (κ1) is 21.2. The third-order valence-electron chi connectivity index (χ3n) is 4.30. The number of hydrogen-bond acceptors (Lipinski definition) is 7. The molecule has 1 fully saturated rings. The van der Waals surface area contributed by atoms with Crippen molar-refractivity contribution in [3.63, 3.8) is 0 Å². The SMILES string of the molecule is COC(=O)[C@@H](N)Cc1ccc(Oc2ccc(CC3SC(=O)NC3=O)cc2Cl)cc1. The lowest BCUT2D eigenvalue weighted by Gasteiger charge is -2.12. The van der Waals surface area contributed by atoms with Crippen LogP contribution in [0.5, 0.6) is 11.5 Å². The highest BCUT2D eigenvalue weighted by Crippen LogP contribution is 2.32. The van der Waals surface area contributed by atoms with E-state index in [4.69, 9.17) is 22.1 Å². The first-order chi connectivity index (χ1) is 13.9. The van der Waals surface area contributed by atoms with Gasteiger partial charge in [0.2, 0.25) is 5.91 Å². The van der Waals surface area contributed by atoms with Crippen LogP contribution in [0.25, 0.3) is 0 Å². The number of benzene rings is 2. The summed E-state index contributed by atoms with van der Waals surface area (Å²) in [5, 5.41) is 1.88. The fraction of sp³-hybridized carbons (Fsp3) is 0.250. The molecule has 2 aromatic carbocycles. The van der Waals surface area contributed by atoms with E-state index in [0.29, 0.717) is 29.4 Å². The highest BCUT2D eigenvalue weighted by Gasteiger charge is 2.31. The van der Waals surface area contributed by atoms with Gasteiger partial charge in [-0.05, 0) is 48.2 Å². The second-order valence-corrected chi connectivity index (χ2v) is 8.01. The Morgan fingerprint density at radius 3 is 2.48 bits per heavy atom. The van der Waals surface area contributed by atoms with Gasteiger partial charge in [-0.15, -0.1) is 0 Å². The Bertz CT molecular complexity index is 935. The first-order valence-corrected chi connectivity index (χ1v) is 10.0. The van der Waals surface area contributed by atoms with Crippen LogP contribution < -0.4 is 15.8 Å². The molecule has 1 saturated heterocycles. The largest absolute Gasteiger partial charge is 0.468 e. The van der Waals surface area contributed by atoms with Crippen molar-refractivity contribution in [2.45, 2.75) is 24.1 Å². The highest BCUT2D eigenvalue weighted by atomic mass is 35.5. The summed E-state index contributed by atoms with van der Waals surface area (Å²) >= 11 is 7.29. The standard InChI is InChI=1S/C20H19ClN2O5S/c1-27-19(25)15(22)9-11-2-5-13(6-3-11)28-16-7-4-12(8-14(16)21)10-17-18(24)23-20(26)29-17/h2-8,15,17H,9-10,22H2,1H3,(H,23,24,26)/t15-,17?/m0/s1. The average molecular weight is 435 g/mol. The molecule has 29 heavy (non-hydrogen) atoms. The lowest BCUT2D eigenvalue weighted by molar-refractivity contribution is -0.142. The van der Waals surface area contributed by atoms with Gasteiger partial charge in [-0.1, -0.05) is 41.6 Å². The van der Waals surface area contributed by atoms with Crippen LogP contribution in [0.3, 0.4) is 0 Å². The van der Waals surface area contributed by atoms with Crippen molar-refractivity contribution in [1.29, 1.82) is 0 Å². The van der Waals surface area contributed by atoms with Crippen LogP contribution in [-0.2, 0) is 27.2 Å². The molecule has 1 aliphatic heterocycles. The lowest BCUT2D eigenvalue weighted by Crippen LogP contribution is -2.33. The predicted molar refractivity (Wildman–Crippen MR) is 110 cm³/mol. The van der Waals surface area contributed by atoms with E-state index in [-0.39, 0.29) is 11.1 Å². The van der Waals surface area contributed by atoms with E-state index in [9.17, 15) is 14.4 Å². The summed E-state index contributed by atoms with van der Waals surface area (Å²) in [5.41, 5.74) is 7.47. The third kappa shape index (κ3) is 5.50. The molecule has 1 aliphatic rings. The number of nitrogens with two attached hydrogens (primary N) is 1. The fourth-order valence-electron chi connectivity index (χ4n) is 2.80. The highest BCUT2D eigenvalue weighted by molar-refractivity contribution is 8.15. The number of carbonyl (C=O) groups excluding carboxylic acids is 3. The van der Waals surface area contributed by atoms with Crippen molar-refractivity contribution < 1.29 is 23.9 Å². The maximum Gasteiger partial charge on any atom is 0.322 e. The van der Waals surface area contributed by atoms with Gasteiger partial charge in [-0.3, -0.25) is 19.7 Å². The zero-order chi connectivity index (χ0) is 21.0. The summed E-state index contributed by atoms with van der Waals surface area (Å²) in [7, 11) is 1.30. The summed E-state index contributed by atoms with van der Waals surface area (Å²) in [4.78, 5) is 34.4. The van der Waals surface area contributed by atoms with Gasteiger partial charge < -0.3 is 15.2 Å². The molecule has 2 aromatic rings. The molecule has 9 heteroatoms. The molecule has 7 nitrogen and oxygen atoms in total. The van der Waals surface area contributed by atoms with Crippen LogP contribution in [0, 0.1) is 0 Å². The van der Waals surface area contributed by atoms with Gasteiger partial charge in [0, 0.05) is 0 Å². The average Bonchev–Trinajstić information content (AvgIpc) is 3.01. The lowest BCUT2D eigenvalue weighted by atomic mass is 10.1. The van der Waals surface area contributed by atoms with E-state index in [0.717, 1.165) is 22.9 Å². The van der Waals surface area contributed by atoms with Crippen molar-refractivity contribution in [2.75, 3.05) is 7.11 Å². The second kappa shape index (κ2) is 9.30. The molecule has 2 atom stereocenters. The normalized spacial score (nSPS) is 17.0. The minimum Gasteiger partial charge on any atom is -0.468 e. The molecule has 0 radical (unpaired) electrons. The number of ether oxygens (including phenoxy) is 2. The van der Waals surface area contributed by atoms with Crippen LogP contribution in [0.4, 0.5) is 4.79 Å². The van der Waals surface area contributed by atoms with Crippen LogP contribution in [0.2, 0.25) is 5.02 Å². The maximum absolute atomic E-state index is 11.7. The number of esters is 1. The van der Waals surface area contributed by atoms with E-state index in [1.807, 2.05) is 18.2 Å². The minimum absolute atomic E-state index is 0.288. The molecular weight excluding hydrogens is 416 g/mol. The summed E-state index contributed by atoms with van der Waals surface area (Å²) < 4.78 is 10.4. The van der Waals surface area contributed by atoms with Gasteiger partial charge in [0.05, 0.1) is 17.4 Å². The summed E-state index contributed by atoms with van der Waals surface area (Å²) in [5.74, 6) is 0.291. The number of amides is 2. The molecule has 152 valence electrons. The van der Waals surface area contributed by atoms with Gasteiger partial charge in [0.1, 0.15) is 17.5 Å². The topological polar surface area (TPSA) is 108 Å². The van der Waals surface area contributed by atoms with Gasteiger partial charge in [-0.25, -0.2) is 0 Å². The quantitative estimate of drug-likeness (QED) is 0.644. The van der Waals surface area contributed by atoms with Crippen molar-refractivity contribution in [3.8, 4) is 11.5 Å². The van der Waals surface area contributed by atoms with Gasteiger partial charge in [0.25, 0.3) is 5.24 Å². The Morgan fingerprint density at radius 1 is 1.21 bits per heavy atom. The van der Waals surface area contributed by atoms with Crippen molar-refractivity contribution >= 4 is 40.5 Å². The number of nitrogens with one attached hydrogen (secondary N) is 1. The van der Waals surface area contributed by atoms with Crippen LogP contribution in [-0.4, -0.2) is 35.5 Å². The number of thioether (sulfide) groups is 1. The summed E-state index contributed by atoms with van der Waals surface area (Å²) in [6, 6.07) is 11.7. The number of methoxy groups -OCH3 is 1. The van der Waals surface area contributed by atoms with E-state index in [2.05, 4.69) is 10.1 Å². The Kier molecular flexibility index (Phi) is 6.79. The van der Waals surface area contributed by atoms with Crippen molar-refractivity contribution in [3.05, 3.63) is 58.6 Å². The number of imide groups is 1. The number of carbonyl (C=O) groups is 3. The number of rotatable bonds is 7. The molecule has 0 saturated carbocycles. The predicted octanol–water partition coefficient (Wildman–Crippen LogP) is 3.07. The second-order valence-electron chi connectivity index (χ2n) is 6.43. The molecule has 2 amide bonds. The van der Waals surface area contributed by atoms with E-state index < -0.39 is 17.3 Å². The molecule has 0 aliphatic carbocycles. The van der Waals surface area contributed by atoms with E-state index in [1.165, 1.54) is 7.11 Å². The Morgan fingerprint density at radius 2 is 1.90 bits per heavy atom. The smallest absolute Gasteiger partial charge is 0.322 e. The van der Waals surface area contributed by atoms with Gasteiger partial charge in [-0.2, -0.15) is 0 Å². The van der Waals surface area contributed by atoms with Crippen molar-refractivity contribution in [1.82, 2.24) is 5.32 Å². The molecule has 0 spiro atoms. The van der Waals surface area contributed by atoms with Crippen molar-refractivity contribution in [2.24, 2.45) is 5.73 Å². The number of halogens is 1. The summed E-state index contributed by atoms with van der Waals surface area (Å²) in [6.07, 6.45) is 0.759. The Hall–Kier alpha value is -2.55. The zero-order valence-electron chi connectivity index (χ0n) is 15.5. The first-order valence-electron chi connectivity index (χ1n) is 8.76. The number of hydrogen-bond donors (Lipinski definition) is 2. The Balaban J connectivity index is 1.62. The molecule has 3 rings (SSSR count). The monoisotopic (exact) mass is 434 g/mol.